The summed E-state index contributed by atoms with van der Waals surface area (Å²) >= 11 is 0. The highest BCUT2D eigenvalue weighted by molar-refractivity contribution is 5.76. The predicted molar refractivity (Wildman–Crippen MR) is 71.7 cm³/mol. The summed E-state index contributed by atoms with van der Waals surface area (Å²) in [5.74, 6) is -0.0961. The third-order valence-corrected chi connectivity index (χ3v) is 3.56. The Bertz CT molecular complexity index is 597. The molecule has 1 aliphatic carbocycles. The number of carbonyl (C=O) groups excluding carboxylic acids is 1. The molecule has 3 rings (SSSR count). The van der Waals surface area contributed by atoms with Crippen molar-refractivity contribution >= 4 is 5.91 Å². The van der Waals surface area contributed by atoms with Crippen LogP contribution in [-0.4, -0.2) is 31.9 Å². The highest BCUT2D eigenvalue weighted by atomic mass is 16.3. The molecule has 2 N–H and O–H groups in total. The topological polar surface area (TPSA) is 80.0 Å². The van der Waals surface area contributed by atoms with Crippen molar-refractivity contribution in [1.82, 2.24) is 20.1 Å². The maximum atomic E-state index is 12.0. The van der Waals surface area contributed by atoms with Crippen molar-refractivity contribution < 1.29 is 9.90 Å². The molecule has 2 aromatic rings. The van der Waals surface area contributed by atoms with Crippen LogP contribution in [0.4, 0.5) is 0 Å². The second-order valence-electron chi connectivity index (χ2n) is 4.92. The first-order valence-electron chi connectivity index (χ1n) is 6.61. The van der Waals surface area contributed by atoms with Gasteiger partial charge in [0.05, 0.1) is 18.7 Å². The Morgan fingerprint density at radius 1 is 1.45 bits per heavy atom. The molecule has 0 fully saturated rings. The summed E-state index contributed by atoms with van der Waals surface area (Å²) in [5.41, 5.74) is 2.11. The Morgan fingerprint density at radius 2 is 2.30 bits per heavy atom. The zero-order valence-electron chi connectivity index (χ0n) is 10.9. The molecule has 0 radical (unpaired) electrons. The van der Waals surface area contributed by atoms with Crippen LogP contribution in [0.2, 0.25) is 0 Å². The molecule has 1 heterocycles. The Morgan fingerprint density at radius 3 is 3.10 bits per heavy atom. The Labute approximate surface area is 116 Å². The molecule has 0 spiro atoms. The van der Waals surface area contributed by atoms with E-state index >= 15 is 0 Å². The van der Waals surface area contributed by atoms with E-state index in [4.69, 9.17) is 0 Å². The van der Waals surface area contributed by atoms with Gasteiger partial charge in [0.15, 0.2) is 0 Å². The molecule has 0 bridgehead atoms. The van der Waals surface area contributed by atoms with Crippen molar-refractivity contribution in [2.75, 3.05) is 0 Å². The first-order valence-corrected chi connectivity index (χ1v) is 6.61. The quantitative estimate of drug-likeness (QED) is 0.846. The standard InChI is InChI=1S/C14H16N4O2/c19-12-7-10-3-1-2-4-11(10)14(12)17-13(20)5-6-18-9-15-8-16-18/h1-4,8-9,12,14,19H,5-7H2,(H,17,20)/t12-,14+/m1/s1. The van der Waals surface area contributed by atoms with Crippen LogP contribution < -0.4 is 5.32 Å². The second-order valence-corrected chi connectivity index (χ2v) is 4.92. The Balaban J connectivity index is 1.61. The minimum atomic E-state index is -0.553. The van der Waals surface area contributed by atoms with Gasteiger partial charge in [-0.15, -0.1) is 0 Å². The zero-order chi connectivity index (χ0) is 13.9. The summed E-state index contributed by atoms with van der Waals surface area (Å²) in [6.07, 6.45) is 3.36. The normalized spacial score (nSPS) is 20.6. The highest BCUT2D eigenvalue weighted by Crippen LogP contribution is 2.31. The monoisotopic (exact) mass is 272 g/mol. The third kappa shape index (κ3) is 2.55. The van der Waals surface area contributed by atoms with Crippen LogP contribution in [0.1, 0.15) is 23.6 Å². The minimum absolute atomic E-state index is 0.0961. The van der Waals surface area contributed by atoms with Gasteiger partial charge in [-0.3, -0.25) is 9.48 Å². The van der Waals surface area contributed by atoms with Crippen LogP contribution >= 0.6 is 0 Å². The number of benzene rings is 1. The number of hydrogen-bond acceptors (Lipinski definition) is 4. The second kappa shape index (κ2) is 5.42. The van der Waals surface area contributed by atoms with E-state index in [1.807, 2.05) is 24.3 Å². The fourth-order valence-electron chi connectivity index (χ4n) is 2.56. The van der Waals surface area contributed by atoms with E-state index < -0.39 is 6.10 Å². The number of aromatic nitrogens is 3. The van der Waals surface area contributed by atoms with Crippen LogP contribution in [0.15, 0.2) is 36.9 Å². The average Bonchev–Trinajstić information content (AvgIpc) is 3.06. The number of aliphatic hydroxyl groups excluding tert-OH is 1. The molecule has 0 saturated carbocycles. The maximum Gasteiger partial charge on any atom is 0.222 e. The molecule has 1 aromatic heterocycles. The molecule has 1 aromatic carbocycles. The first kappa shape index (κ1) is 12.8. The number of hydrogen-bond donors (Lipinski definition) is 2. The number of amides is 1. The molecule has 104 valence electrons. The van der Waals surface area contributed by atoms with Gasteiger partial charge in [0.1, 0.15) is 12.7 Å². The Kier molecular flexibility index (Phi) is 3.47. The lowest BCUT2D eigenvalue weighted by molar-refractivity contribution is -0.122. The van der Waals surface area contributed by atoms with Gasteiger partial charge in [-0.1, -0.05) is 24.3 Å². The molecule has 20 heavy (non-hydrogen) atoms. The number of carbonyl (C=O) groups is 1. The molecule has 0 saturated heterocycles. The lowest BCUT2D eigenvalue weighted by Gasteiger charge is -2.17. The molecule has 2 atom stereocenters. The number of rotatable bonds is 4. The van der Waals surface area contributed by atoms with Crippen LogP contribution in [-0.2, 0) is 17.8 Å². The number of nitrogens with zero attached hydrogens (tertiary/aromatic N) is 3. The Hall–Kier alpha value is -2.21. The SMILES string of the molecule is O=C(CCn1cncn1)N[C@H]1c2ccccc2C[C@H]1O. The average molecular weight is 272 g/mol. The summed E-state index contributed by atoms with van der Waals surface area (Å²) in [5, 5.41) is 16.9. The number of fused-ring (bicyclic) bond motifs is 1. The van der Waals surface area contributed by atoms with Gasteiger partial charge in [0.25, 0.3) is 0 Å². The van der Waals surface area contributed by atoms with Gasteiger partial charge in [0.2, 0.25) is 5.91 Å². The van der Waals surface area contributed by atoms with Crippen molar-refractivity contribution in [1.29, 1.82) is 0 Å². The van der Waals surface area contributed by atoms with E-state index in [0.29, 0.717) is 19.4 Å². The van der Waals surface area contributed by atoms with E-state index in [1.54, 1.807) is 11.0 Å². The van der Waals surface area contributed by atoms with E-state index in [9.17, 15) is 9.90 Å². The molecule has 6 nitrogen and oxygen atoms in total. The fraction of sp³-hybridized carbons (Fsp3) is 0.357. The lowest BCUT2D eigenvalue weighted by Crippen LogP contribution is -2.34. The third-order valence-electron chi connectivity index (χ3n) is 3.56. The fourth-order valence-corrected chi connectivity index (χ4v) is 2.56. The van der Waals surface area contributed by atoms with Crippen molar-refractivity contribution in [3.63, 3.8) is 0 Å². The van der Waals surface area contributed by atoms with E-state index in [1.165, 1.54) is 6.33 Å². The predicted octanol–water partition coefficient (Wildman–Crippen LogP) is 0.443. The highest BCUT2D eigenvalue weighted by Gasteiger charge is 2.31. The molecule has 6 heteroatoms. The van der Waals surface area contributed by atoms with Crippen LogP contribution in [0.3, 0.4) is 0 Å². The summed E-state index contributed by atoms with van der Waals surface area (Å²) in [4.78, 5) is 15.8. The summed E-state index contributed by atoms with van der Waals surface area (Å²) in [6.45, 7) is 0.482. The van der Waals surface area contributed by atoms with Gasteiger partial charge < -0.3 is 10.4 Å². The lowest BCUT2D eigenvalue weighted by atomic mass is 10.1. The van der Waals surface area contributed by atoms with Crippen molar-refractivity contribution in [2.24, 2.45) is 0 Å². The molecular weight excluding hydrogens is 256 g/mol. The van der Waals surface area contributed by atoms with Crippen LogP contribution in [0.5, 0.6) is 0 Å². The molecule has 1 amide bonds. The molecule has 0 aliphatic heterocycles. The van der Waals surface area contributed by atoms with Crippen molar-refractivity contribution in [3.8, 4) is 0 Å². The van der Waals surface area contributed by atoms with Crippen molar-refractivity contribution in [3.05, 3.63) is 48.0 Å². The van der Waals surface area contributed by atoms with Gasteiger partial charge >= 0.3 is 0 Å². The first-order chi connectivity index (χ1) is 9.74. The minimum Gasteiger partial charge on any atom is -0.390 e. The van der Waals surface area contributed by atoms with E-state index in [-0.39, 0.29) is 11.9 Å². The summed E-state index contributed by atoms with van der Waals surface area (Å²) in [7, 11) is 0. The molecular formula is C14H16N4O2. The number of aliphatic hydroxyl groups is 1. The number of nitrogens with one attached hydrogen (secondary N) is 1. The smallest absolute Gasteiger partial charge is 0.222 e. The summed E-state index contributed by atoms with van der Waals surface area (Å²) < 4.78 is 1.61. The summed E-state index contributed by atoms with van der Waals surface area (Å²) in [6, 6.07) is 7.49. The molecule has 0 unspecified atom stereocenters. The van der Waals surface area contributed by atoms with Crippen LogP contribution in [0, 0.1) is 0 Å². The van der Waals surface area contributed by atoms with Gasteiger partial charge in [-0.25, -0.2) is 4.98 Å². The maximum absolute atomic E-state index is 12.0. The van der Waals surface area contributed by atoms with Gasteiger partial charge in [-0.05, 0) is 11.1 Å². The largest absolute Gasteiger partial charge is 0.390 e. The van der Waals surface area contributed by atoms with Crippen molar-refractivity contribution in [2.45, 2.75) is 31.5 Å². The van der Waals surface area contributed by atoms with Crippen LogP contribution in [0.25, 0.3) is 0 Å². The molecule has 1 aliphatic rings. The van der Waals surface area contributed by atoms with Gasteiger partial charge in [-0.2, -0.15) is 5.10 Å². The van der Waals surface area contributed by atoms with Gasteiger partial charge in [0, 0.05) is 12.8 Å². The zero-order valence-corrected chi connectivity index (χ0v) is 10.9. The van der Waals surface area contributed by atoms with E-state index in [0.717, 1.165) is 11.1 Å². The number of aryl methyl sites for hydroxylation is 1. The van der Waals surface area contributed by atoms with E-state index in [2.05, 4.69) is 15.4 Å².